The van der Waals surface area contributed by atoms with E-state index in [1.54, 1.807) is 17.0 Å². The van der Waals surface area contributed by atoms with Crippen molar-refractivity contribution in [3.05, 3.63) is 42.0 Å². The third-order valence-corrected chi connectivity index (χ3v) is 3.82. The van der Waals surface area contributed by atoms with Crippen LogP contribution in [-0.4, -0.2) is 35.1 Å². The van der Waals surface area contributed by atoms with Gasteiger partial charge in [-0.15, -0.1) is 0 Å². The van der Waals surface area contributed by atoms with E-state index < -0.39 is 5.97 Å². The number of anilines is 1. The molecule has 23 heavy (non-hydrogen) atoms. The van der Waals surface area contributed by atoms with Crippen molar-refractivity contribution in [2.75, 3.05) is 18.8 Å². The van der Waals surface area contributed by atoms with Crippen LogP contribution in [0.3, 0.4) is 0 Å². The fourth-order valence-electron chi connectivity index (χ4n) is 2.56. The molecule has 1 heterocycles. The summed E-state index contributed by atoms with van der Waals surface area (Å²) in [5.41, 5.74) is 11.1. The van der Waals surface area contributed by atoms with Gasteiger partial charge in [0.25, 0.3) is 0 Å². The summed E-state index contributed by atoms with van der Waals surface area (Å²) in [4.78, 5) is 23.0. The van der Waals surface area contributed by atoms with Crippen molar-refractivity contribution in [2.24, 2.45) is 5.73 Å². The van der Waals surface area contributed by atoms with E-state index in [9.17, 15) is 9.59 Å². The molecule has 0 atom stereocenters. The molecule has 3 rings (SSSR count). The number of amides is 2. The van der Waals surface area contributed by atoms with Gasteiger partial charge in [-0.1, -0.05) is 24.3 Å². The zero-order valence-electron chi connectivity index (χ0n) is 12.9. The van der Waals surface area contributed by atoms with Crippen LogP contribution in [0.4, 0.5) is 10.5 Å². The molecule has 2 aromatic rings. The van der Waals surface area contributed by atoms with E-state index in [1.165, 1.54) is 6.42 Å². The second-order valence-electron chi connectivity index (χ2n) is 5.48. The fraction of sp³-hybridized carbons (Fsp3) is 0.294. The van der Waals surface area contributed by atoms with Gasteiger partial charge >= 0.3 is 12.0 Å². The van der Waals surface area contributed by atoms with Crippen molar-refractivity contribution < 1.29 is 14.7 Å². The van der Waals surface area contributed by atoms with E-state index in [-0.39, 0.29) is 11.6 Å². The molecule has 5 N–H and O–H groups in total. The molecule has 0 saturated carbocycles. The predicted octanol–water partition coefficient (Wildman–Crippen LogP) is 2.67. The molecule has 0 bridgehead atoms. The van der Waals surface area contributed by atoms with Crippen LogP contribution < -0.4 is 11.5 Å². The summed E-state index contributed by atoms with van der Waals surface area (Å²) in [5, 5.41) is 10.7. The Kier molecular flexibility index (Phi) is 5.41. The van der Waals surface area contributed by atoms with Gasteiger partial charge in [0, 0.05) is 18.8 Å². The summed E-state index contributed by atoms with van der Waals surface area (Å²) in [6.45, 7) is 1.71. The maximum absolute atomic E-state index is 10.8. The van der Waals surface area contributed by atoms with Gasteiger partial charge in [0.05, 0.1) is 5.56 Å². The highest BCUT2D eigenvalue weighted by atomic mass is 16.4. The van der Waals surface area contributed by atoms with Gasteiger partial charge in [-0.3, -0.25) is 0 Å². The number of piperidine rings is 1. The van der Waals surface area contributed by atoms with Crippen LogP contribution in [0.2, 0.25) is 0 Å². The van der Waals surface area contributed by atoms with Gasteiger partial charge in [-0.2, -0.15) is 0 Å². The monoisotopic (exact) mass is 315 g/mol. The number of aromatic carboxylic acids is 1. The average molecular weight is 315 g/mol. The Morgan fingerprint density at radius 3 is 2.04 bits per heavy atom. The molecule has 6 heteroatoms. The van der Waals surface area contributed by atoms with Crippen molar-refractivity contribution in [3.63, 3.8) is 0 Å². The molecule has 2 aromatic carbocycles. The number of nitrogens with two attached hydrogens (primary N) is 2. The Labute approximate surface area is 134 Å². The zero-order valence-corrected chi connectivity index (χ0v) is 12.9. The average Bonchev–Trinajstić information content (AvgIpc) is 2.55. The highest BCUT2D eigenvalue weighted by molar-refractivity contribution is 6.00. The first kappa shape index (κ1) is 16.6. The number of hydrogen-bond donors (Lipinski definition) is 3. The number of nitrogens with zero attached hydrogens (tertiary/aromatic N) is 1. The predicted molar refractivity (Wildman–Crippen MR) is 90.3 cm³/mol. The number of carboxylic acid groups (broad SMARTS) is 1. The molecular formula is C17H21N3O3. The molecule has 0 radical (unpaired) electrons. The largest absolute Gasteiger partial charge is 0.478 e. The quantitative estimate of drug-likeness (QED) is 0.703. The molecule has 2 amide bonds. The van der Waals surface area contributed by atoms with E-state index >= 15 is 0 Å². The second kappa shape index (κ2) is 7.49. The van der Waals surface area contributed by atoms with E-state index in [0.29, 0.717) is 5.69 Å². The van der Waals surface area contributed by atoms with Crippen molar-refractivity contribution in [3.8, 4) is 0 Å². The number of nitrogen functional groups attached to an aromatic ring is 1. The standard InChI is InChI=1S/C11H9NO2.C6H12N2O/c12-10-6-8-4-2-1-3-7(8)5-9(10)11(13)14;7-6(9)8-4-2-1-3-5-8/h1-6H,12H2,(H,13,14);1-5H2,(H2,7,9). The lowest BCUT2D eigenvalue weighted by atomic mass is 10.1. The van der Waals surface area contributed by atoms with Crippen molar-refractivity contribution in [2.45, 2.75) is 19.3 Å². The van der Waals surface area contributed by atoms with Crippen LogP contribution in [-0.2, 0) is 0 Å². The number of likely N-dealkylation sites (tertiary alicyclic amines) is 1. The summed E-state index contributed by atoms with van der Waals surface area (Å²) >= 11 is 0. The molecule has 0 unspecified atom stereocenters. The highest BCUT2D eigenvalue weighted by Crippen LogP contribution is 2.21. The molecule has 122 valence electrons. The zero-order chi connectivity index (χ0) is 16.8. The summed E-state index contributed by atoms with van der Waals surface area (Å²) in [6.07, 6.45) is 3.47. The Balaban J connectivity index is 0.000000185. The van der Waals surface area contributed by atoms with Crippen LogP contribution in [0, 0.1) is 0 Å². The maximum atomic E-state index is 10.8. The summed E-state index contributed by atoms with van der Waals surface area (Å²) < 4.78 is 0. The number of benzene rings is 2. The molecule has 0 aromatic heterocycles. The Hall–Kier alpha value is -2.76. The minimum Gasteiger partial charge on any atom is -0.478 e. The molecule has 0 spiro atoms. The SMILES string of the molecule is NC(=O)N1CCCCC1.Nc1cc2ccccc2cc1C(=O)O. The number of carboxylic acids is 1. The number of primary amides is 1. The molecule has 1 saturated heterocycles. The van der Waals surface area contributed by atoms with Crippen molar-refractivity contribution >= 4 is 28.5 Å². The Morgan fingerprint density at radius 1 is 1.00 bits per heavy atom. The van der Waals surface area contributed by atoms with Crippen LogP contribution in [0.5, 0.6) is 0 Å². The number of rotatable bonds is 1. The Bertz CT molecular complexity index is 709. The van der Waals surface area contributed by atoms with E-state index in [0.717, 1.165) is 36.7 Å². The molecule has 1 aliphatic heterocycles. The summed E-state index contributed by atoms with van der Waals surface area (Å²) in [5.74, 6) is -0.992. The van der Waals surface area contributed by atoms with Gasteiger partial charge < -0.3 is 21.5 Å². The fourth-order valence-corrected chi connectivity index (χ4v) is 2.56. The lowest BCUT2D eigenvalue weighted by molar-refractivity contribution is 0.0698. The lowest BCUT2D eigenvalue weighted by Gasteiger charge is -2.24. The molecule has 6 nitrogen and oxygen atoms in total. The van der Waals surface area contributed by atoms with E-state index in [2.05, 4.69) is 0 Å². The number of carbonyl (C=O) groups is 2. The summed E-state index contributed by atoms with van der Waals surface area (Å²) in [6, 6.07) is 10.5. The molecular weight excluding hydrogens is 294 g/mol. The van der Waals surface area contributed by atoms with Gasteiger partial charge in [0.15, 0.2) is 0 Å². The minimum atomic E-state index is -0.992. The number of urea groups is 1. The minimum absolute atomic E-state index is 0.156. The van der Waals surface area contributed by atoms with Gasteiger partial charge in [-0.05, 0) is 42.2 Å². The number of fused-ring (bicyclic) bond motifs is 1. The van der Waals surface area contributed by atoms with Gasteiger partial charge in [0.1, 0.15) is 0 Å². The van der Waals surface area contributed by atoms with Gasteiger partial charge in [-0.25, -0.2) is 9.59 Å². The van der Waals surface area contributed by atoms with Crippen LogP contribution in [0.1, 0.15) is 29.6 Å². The number of hydrogen-bond acceptors (Lipinski definition) is 3. The molecule has 0 aliphatic carbocycles. The van der Waals surface area contributed by atoms with Crippen molar-refractivity contribution in [1.82, 2.24) is 4.90 Å². The van der Waals surface area contributed by atoms with Crippen LogP contribution in [0.15, 0.2) is 36.4 Å². The normalized spacial score (nSPS) is 14.0. The first-order chi connectivity index (χ1) is 11.0. The number of carbonyl (C=O) groups excluding carboxylic acids is 1. The van der Waals surface area contributed by atoms with Crippen molar-refractivity contribution in [1.29, 1.82) is 0 Å². The third kappa shape index (κ3) is 4.35. The van der Waals surface area contributed by atoms with E-state index in [1.807, 2.05) is 24.3 Å². The maximum Gasteiger partial charge on any atom is 0.337 e. The smallest absolute Gasteiger partial charge is 0.337 e. The van der Waals surface area contributed by atoms with Gasteiger partial charge in [0.2, 0.25) is 0 Å². The first-order valence-electron chi connectivity index (χ1n) is 7.55. The third-order valence-electron chi connectivity index (χ3n) is 3.82. The highest BCUT2D eigenvalue weighted by Gasteiger charge is 2.12. The topological polar surface area (TPSA) is 110 Å². The molecule has 1 fully saturated rings. The van der Waals surface area contributed by atoms with Crippen LogP contribution >= 0.6 is 0 Å². The first-order valence-corrected chi connectivity index (χ1v) is 7.55. The summed E-state index contributed by atoms with van der Waals surface area (Å²) in [7, 11) is 0. The molecule has 1 aliphatic rings. The second-order valence-corrected chi connectivity index (χ2v) is 5.48. The van der Waals surface area contributed by atoms with E-state index in [4.69, 9.17) is 16.6 Å². The van der Waals surface area contributed by atoms with Crippen LogP contribution in [0.25, 0.3) is 10.8 Å². The Morgan fingerprint density at radius 2 is 1.57 bits per heavy atom. The lowest BCUT2D eigenvalue weighted by Crippen LogP contribution is -2.39.